The van der Waals surface area contributed by atoms with Crippen molar-refractivity contribution < 1.29 is 9.53 Å². The van der Waals surface area contributed by atoms with Crippen LogP contribution >= 0.6 is 0 Å². The van der Waals surface area contributed by atoms with Gasteiger partial charge < -0.3 is 14.6 Å². The quantitative estimate of drug-likeness (QED) is 0.740. The molecule has 0 radical (unpaired) electrons. The molecule has 1 N–H and O–H groups in total. The molecular weight excluding hydrogens is 330 g/mol. The lowest BCUT2D eigenvalue weighted by Crippen LogP contribution is -2.20. The zero-order valence-electron chi connectivity index (χ0n) is 14.2. The zero-order chi connectivity index (χ0) is 18.4. The van der Waals surface area contributed by atoms with Crippen molar-refractivity contribution in [3.63, 3.8) is 0 Å². The van der Waals surface area contributed by atoms with Crippen molar-refractivity contribution in [1.82, 2.24) is 14.8 Å². The third kappa shape index (κ3) is 4.05. The van der Waals surface area contributed by atoms with E-state index >= 15 is 0 Å². The lowest BCUT2D eigenvalue weighted by atomic mass is 10.2. The average Bonchev–Trinajstić information content (AvgIpc) is 3.16. The van der Waals surface area contributed by atoms with Crippen molar-refractivity contribution in [1.29, 1.82) is 5.26 Å². The van der Waals surface area contributed by atoms with Gasteiger partial charge in [0.05, 0.1) is 11.6 Å². The Hall–Kier alpha value is -3.66. The zero-order valence-corrected chi connectivity index (χ0v) is 14.2. The molecule has 1 amide bonds. The van der Waals surface area contributed by atoms with Gasteiger partial charge in [0.15, 0.2) is 12.4 Å². The molecule has 3 aromatic rings. The number of anilines is 1. The maximum absolute atomic E-state index is 12.1. The van der Waals surface area contributed by atoms with Crippen molar-refractivity contribution >= 4 is 11.6 Å². The smallest absolute Gasteiger partial charge is 0.262 e. The molecule has 0 aliphatic carbocycles. The SMILES string of the molecule is CCn1cnnc1-c1cccc(NC(=O)COc2ccc(C#N)cc2)c1. The molecule has 0 aliphatic rings. The van der Waals surface area contributed by atoms with E-state index in [9.17, 15) is 4.79 Å². The van der Waals surface area contributed by atoms with Crippen LogP contribution in [0.3, 0.4) is 0 Å². The first-order chi connectivity index (χ1) is 12.7. The highest BCUT2D eigenvalue weighted by Crippen LogP contribution is 2.20. The second-order valence-electron chi connectivity index (χ2n) is 5.49. The summed E-state index contributed by atoms with van der Waals surface area (Å²) in [6.07, 6.45) is 1.67. The Labute approximate surface area is 150 Å². The van der Waals surface area contributed by atoms with Crippen molar-refractivity contribution in [2.75, 3.05) is 11.9 Å². The van der Waals surface area contributed by atoms with Crippen LogP contribution in [-0.4, -0.2) is 27.3 Å². The number of amides is 1. The van der Waals surface area contributed by atoms with E-state index in [4.69, 9.17) is 10.00 Å². The molecule has 0 saturated heterocycles. The lowest BCUT2D eigenvalue weighted by Gasteiger charge is -2.09. The molecule has 26 heavy (non-hydrogen) atoms. The van der Waals surface area contributed by atoms with Gasteiger partial charge in [-0.25, -0.2) is 0 Å². The number of aromatic nitrogens is 3. The summed E-state index contributed by atoms with van der Waals surface area (Å²) in [5.74, 6) is 1.00. The average molecular weight is 347 g/mol. The van der Waals surface area contributed by atoms with Crippen LogP contribution < -0.4 is 10.1 Å². The maximum atomic E-state index is 12.1. The fraction of sp³-hybridized carbons (Fsp3) is 0.158. The molecule has 1 aromatic heterocycles. The van der Waals surface area contributed by atoms with E-state index in [2.05, 4.69) is 15.5 Å². The number of benzene rings is 2. The summed E-state index contributed by atoms with van der Waals surface area (Å²) in [6.45, 7) is 2.65. The molecular formula is C19H17N5O2. The Morgan fingerprint density at radius 1 is 1.27 bits per heavy atom. The van der Waals surface area contributed by atoms with E-state index in [1.165, 1.54) is 0 Å². The number of rotatable bonds is 6. The largest absolute Gasteiger partial charge is 0.484 e. The molecule has 3 rings (SSSR count). The summed E-state index contributed by atoms with van der Waals surface area (Å²) in [5.41, 5.74) is 2.07. The molecule has 7 nitrogen and oxygen atoms in total. The topological polar surface area (TPSA) is 92.8 Å². The number of ether oxygens (including phenoxy) is 1. The Balaban J connectivity index is 1.62. The van der Waals surface area contributed by atoms with E-state index in [-0.39, 0.29) is 12.5 Å². The van der Waals surface area contributed by atoms with Gasteiger partial charge in [0, 0.05) is 17.8 Å². The number of carbonyl (C=O) groups is 1. The van der Waals surface area contributed by atoms with E-state index in [1.807, 2.05) is 35.8 Å². The molecule has 0 aliphatic heterocycles. The second kappa shape index (κ2) is 7.94. The summed E-state index contributed by atoms with van der Waals surface area (Å²) in [7, 11) is 0. The first-order valence-corrected chi connectivity index (χ1v) is 8.10. The Kier molecular flexibility index (Phi) is 5.25. The molecule has 2 aromatic carbocycles. The van der Waals surface area contributed by atoms with Gasteiger partial charge in [0.1, 0.15) is 12.1 Å². The van der Waals surface area contributed by atoms with Crippen molar-refractivity contribution in [3.05, 3.63) is 60.4 Å². The number of aryl methyl sites for hydroxylation is 1. The lowest BCUT2D eigenvalue weighted by molar-refractivity contribution is -0.118. The van der Waals surface area contributed by atoms with Crippen LogP contribution in [0.5, 0.6) is 5.75 Å². The number of nitrogens with one attached hydrogen (secondary N) is 1. The third-order valence-electron chi connectivity index (χ3n) is 3.71. The molecule has 1 heterocycles. The second-order valence-corrected chi connectivity index (χ2v) is 5.49. The number of hydrogen-bond acceptors (Lipinski definition) is 5. The van der Waals surface area contributed by atoms with Crippen LogP contribution in [-0.2, 0) is 11.3 Å². The molecule has 0 spiro atoms. The predicted molar refractivity (Wildman–Crippen MR) is 96.4 cm³/mol. The highest BCUT2D eigenvalue weighted by Gasteiger charge is 2.09. The first-order valence-electron chi connectivity index (χ1n) is 8.10. The first kappa shape index (κ1) is 17.2. The Bertz CT molecular complexity index is 941. The molecule has 0 unspecified atom stereocenters. The maximum Gasteiger partial charge on any atom is 0.262 e. The molecule has 0 fully saturated rings. The molecule has 0 saturated carbocycles. The molecule has 0 atom stereocenters. The third-order valence-corrected chi connectivity index (χ3v) is 3.71. The van der Waals surface area contributed by atoms with E-state index in [0.29, 0.717) is 17.0 Å². The van der Waals surface area contributed by atoms with Gasteiger partial charge >= 0.3 is 0 Å². The summed E-state index contributed by atoms with van der Waals surface area (Å²) < 4.78 is 7.36. The Morgan fingerprint density at radius 3 is 2.81 bits per heavy atom. The minimum atomic E-state index is -0.275. The van der Waals surface area contributed by atoms with Gasteiger partial charge in [-0.3, -0.25) is 4.79 Å². The number of nitrogens with zero attached hydrogens (tertiary/aromatic N) is 4. The summed E-state index contributed by atoms with van der Waals surface area (Å²) in [6, 6.07) is 16.0. The molecule has 7 heteroatoms. The van der Waals surface area contributed by atoms with Crippen LogP contribution in [0.2, 0.25) is 0 Å². The van der Waals surface area contributed by atoms with Crippen molar-refractivity contribution in [2.45, 2.75) is 13.5 Å². The van der Waals surface area contributed by atoms with Crippen molar-refractivity contribution in [3.8, 4) is 23.2 Å². The van der Waals surface area contributed by atoms with E-state index < -0.39 is 0 Å². The number of hydrogen-bond donors (Lipinski definition) is 1. The number of nitriles is 1. The Morgan fingerprint density at radius 2 is 2.08 bits per heavy atom. The van der Waals surface area contributed by atoms with Crippen LogP contribution in [0.1, 0.15) is 12.5 Å². The van der Waals surface area contributed by atoms with Crippen LogP contribution in [0.15, 0.2) is 54.9 Å². The highest BCUT2D eigenvalue weighted by atomic mass is 16.5. The monoisotopic (exact) mass is 347 g/mol. The van der Waals surface area contributed by atoms with Gasteiger partial charge in [-0.2, -0.15) is 5.26 Å². The van der Waals surface area contributed by atoms with Gasteiger partial charge in [-0.05, 0) is 43.3 Å². The van der Waals surface area contributed by atoms with E-state index in [0.717, 1.165) is 17.9 Å². The van der Waals surface area contributed by atoms with Crippen LogP contribution in [0.25, 0.3) is 11.4 Å². The summed E-state index contributed by atoms with van der Waals surface area (Å²) in [4.78, 5) is 12.1. The van der Waals surface area contributed by atoms with Crippen molar-refractivity contribution in [2.24, 2.45) is 0 Å². The summed E-state index contributed by atoms with van der Waals surface area (Å²) in [5, 5.41) is 19.6. The van der Waals surface area contributed by atoms with Gasteiger partial charge in [-0.15, -0.1) is 10.2 Å². The van der Waals surface area contributed by atoms with Crippen LogP contribution in [0.4, 0.5) is 5.69 Å². The fourth-order valence-corrected chi connectivity index (χ4v) is 2.42. The molecule has 0 bridgehead atoms. The van der Waals surface area contributed by atoms with Gasteiger partial charge in [0.25, 0.3) is 5.91 Å². The van der Waals surface area contributed by atoms with Gasteiger partial charge in [0.2, 0.25) is 0 Å². The minimum Gasteiger partial charge on any atom is -0.484 e. The van der Waals surface area contributed by atoms with E-state index in [1.54, 1.807) is 36.7 Å². The molecule has 130 valence electrons. The van der Waals surface area contributed by atoms with Crippen LogP contribution in [0, 0.1) is 11.3 Å². The minimum absolute atomic E-state index is 0.124. The highest BCUT2D eigenvalue weighted by molar-refractivity contribution is 5.92. The summed E-state index contributed by atoms with van der Waals surface area (Å²) >= 11 is 0. The normalized spacial score (nSPS) is 10.2. The van der Waals surface area contributed by atoms with Gasteiger partial charge in [-0.1, -0.05) is 12.1 Å². The fourth-order valence-electron chi connectivity index (χ4n) is 2.42. The standard InChI is InChI=1S/C19H17N5O2/c1-2-24-13-21-23-19(24)15-4-3-5-16(10-15)22-18(25)12-26-17-8-6-14(11-20)7-9-17/h3-10,13H,2,12H2,1H3,(H,22,25). The predicted octanol–water partition coefficient (Wildman–Crippen LogP) is 2.85. The number of carbonyl (C=O) groups excluding carboxylic acids is 1.